The number of carbonyl (C=O) groups is 2. The number of nitrogens with zero attached hydrogens (tertiary/aromatic N) is 4. The molecule has 4 rings (SSSR count). The first-order valence-corrected chi connectivity index (χ1v) is 16.0. The number of amides is 1. The molecule has 11 nitrogen and oxygen atoms in total. The molecule has 0 atom stereocenters. The lowest BCUT2D eigenvalue weighted by Crippen LogP contribution is -2.36. The van der Waals surface area contributed by atoms with Crippen LogP contribution in [0, 0.1) is 6.92 Å². The van der Waals surface area contributed by atoms with Crippen LogP contribution in [0.3, 0.4) is 0 Å². The summed E-state index contributed by atoms with van der Waals surface area (Å²) in [6, 6.07) is 8.80. The molecule has 0 saturated carbocycles. The molecule has 2 heterocycles. The third kappa shape index (κ3) is 11.2. The lowest BCUT2D eigenvalue weighted by molar-refractivity contribution is 0.0961. The second kappa shape index (κ2) is 19.1. The molecule has 12 heteroatoms. The Labute approximate surface area is 285 Å². The van der Waals surface area contributed by atoms with E-state index in [1.54, 1.807) is 32.4 Å². The Morgan fingerprint density at radius 3 is 2.30 bits per heavy atom. The average Bonchev–Trinajstić information content (AvgIpc) is 3.06. The summed E-state index contributed by atoms with van der Waals surface area (Å²) in [5.74, 6) is 0.808. The SMILES string of the molecule is CCOC.CN1CCCCC1.CNC(=O)c1cc(OC)c(Nc2ncc(Cl)c(Oc3cccc(C(C)(C)N(C)C)c3C=O)n2)cc1C. The number of aryl methyl sites for hydroxylation is 1. The standard InChI is InChI=1S/C26H30ClN5O4.C6H13N.C3H8O/c1-15-11-20(22(35-7)12-16(15)23(34)28-4)30-25-29-13-19(27)24(31-25)36-21-10-8-9-18(17(21)14-33)26(2,3)32(5)6;1-7-5-3-2-4-6-7;1-3-4-2/h8-14H,1-7H3,(H,28,34)(H,29,30,31);2-6H2,1H3;3H2,1-2H3. The van der Waals surface area contributed by atoms with Gasteiger partial charge in [-0.2, -0.15) is 4.98 Å². The Hall–Kier alpha value is -3.77. The highest BCUT2D eigenvalue weighted by Gasteiger charge is 2.28. The van der Waals surface area contributed by atoms with E-state index in [9.17, 15) is 9.59 Å². The fourth-order valence-electron chi connectivity index (χ4n) is 4.62. The fourth-order valence-corrected chi connectivity index (χ4v) is 4.75. The zero-order valence-corrected chi connectivity index (χ0v) is 30.2. The zero-order chi connectivity index (χ0) is 35.1. The maximum Gasteiger partial charge on any atom is 0.251 e. The van der Waals surface area contributed by atoms with Gasteiger partial charge in [0.2, 0.25) is 11.8 Å². The number of hydrogen-bond acceptors (Lipinski definition) is 10. The third-order valence-electron chi connectivity index (χ3n) is 8.01. The lowest BCUT2D eigenvalue weighted by Gasteiger charge is -2.34. The zero-order valence-electron chi connectivity index (χ0n) is 29.5. The summed E-state index contributed by atoms with van der Waals surface area (Å²) in [4.78, 5) is 37.3. The molecule has 2 aromatic carbocycles. The van der Waals surface area contributed by atoms with E-state index >= 15 is 0 Å². The molecule has 0 spiro atoms. The Balaban J connectivity index is 0.000000592. The van der Waals surface area contributed by atoms with Gasteiger partial charge >= 0.3 is 0 Å². The average molecular weight is 671 g/mol. The largest absolute Gasteiger partial charge is 0.495 e. The number of piperidine rings is 1. The third-order valence-corrected chi connectivity index (χ3v) is 8.27. The van der Waals surface area contributed by atoms with Crippen molar-refractivity contribution < 1.29 is 23.8 Å². The highest BCUT2D eigenvalue weighted by atomic mass is 35.5. The summed E-state index contributed by atoms with van der Waals surface area (Å²) < 4.78 is 16.0. The Morgan fingerprint density at radius 1 is 1.13 bits per heavy atom. The van der Waals surface area contributed by atoms with Gasteiger partial charge in [0.05, 0.1) is 24.6 Å². The first-order chi connectivity index (χ1) is 22.3. The van der Waals surface area contributed by atoms with Crippen molar-refractivity contribution in [3.63, 3.8) is 0 Å². The molecule has 258 valence electrons. The summed E-state index contributed by atoms with van der Waals surface area (Å²) >= 11 is 6.34. The predicted molar refractivity (Wildman–Crippen MR) is 189 cm³/mol. The normalized spacial score (nSPS) is 13.0. The molecule has 0 radical (unpaired) electrons. The van der Waals surface area contributed by atoms with Gasteiger partial charge in [-0.1, -0.05) is 30.2 Å². The lowest BCUT2D eigenvalue weighted by atomic mass is 9.89. The predicted octanol–water partition coefficient (Wildman–Crippen LogP) is 6.71. The Bertz CT molecular complexity index is 1460. The van der Waals surface area contributed by atoms with Crippen LogP contribution in [0.4, 0.5) is 11.6 Å². The minimum atomic E-state index is -0.424. The van der Waals surface area contributed by atoms with Crippen molar-refractivity contribution in [3.8, 4) is 17.4 Å². The van der Waals surface area contributed by atoms with Gasteiger partial charge in [0.15, 0.2) is 6.29 Å². The van der Waals surface area contributed by atoms with Crippen LogP contribution in [0.2, 0.25) is 5.02 Å². The summed E-state index contributed by atoms with van der Waals surface area (Å²) in [5.41, 5.74) is 2.57. The van der Waals surface area contributed by atoms with Crippen LogP contribution < -0.4 is 20.1 Å². The molecule has 1 aliphatic heterocycles. The van der Waals surface area contributed by atoms with Crippen LogP contribution in [-0.2, 0) is 10.3 Å². The maximum absolute atomic E-state index is 12.1. The Morgan fingerprint density at radius 2 is 1.79 bits per heavy atom. The Kier molecular flexibility index (Phi) is 16.1. The highest BCUT2D eigenvalue weighted by molar-refractivity contribution is 6.31. The van der Waals surface area contributed by atoms with Gasteiger partial charge in [-0.25, -0.2) is 4.98 Å². The summed E-state index contributed by atoms with van der Waals surface area (Å²) in [6.07, 6.45) is 6.45. The number of aromatic nitrogens is 2. The molecule has 1 saturated heterocycles. The van der Waals surface area contributed by atoms with Crippen molar-refractivity contribution >= 4 is 35.4 Å². The van der Waals surface area contributed by atoms with Crippen LogP contribution in [-0.4, -0.2) is 94.1 Å². The van der Waals surface area contributed by atoms with E-state index in [4.69, 9.17) is 21.1 Å². The number of rotatable bonds is 10. The van der Waals surface area contributed by atoms with Gasteiger partial charge in [0.1, 0.15) is 16.5 Å². The maximum atomic E-state index is 12.1. The second-order valence-electron chi connectivity index (χ2n) is 11.8. The monoisotopic (exact) mass is 670 g/mol. The van der Waals surface area contributed by atoms with Gasteiger partial charge in [-0.15, -0.1) is 0 Å². The molecular formula is C35H51ClN6O5. The smallest absolute Gasteiger partial charge is 0.251 e. The van der Waals surface area contributed by atoms with Crippen LogP contribution in [0.1, 0.15) is 71.9 Å². The van der Waals surface area contributed by atoms with Gasteiger partial charge in [-0.3, -0.25) is 9.59 Å². The number of nitrogens with one attached hydrogen (secondary N) is 2. The van der Waals surface area contributed by atoms with E-state index in [-0.39, 0.29) is 22.8 Å². The molecule has 2 N–H and O–H groups in total. The molecule has 1 fully saturated rings. The molecule has 1 aromatic heterocycles. The van der Waals surface area contributed by atoms with Crippen LogP contribution in [0.25, 0.3) is 0 Å². The van der Waals surface area contributed by atoms with E-state index in [1.165, 1.54) is 45.7 Å². The van der Waals surface area contributed by atoms with Crippen molar-refractivity contribution in [2.75, 3.05) is 67.4 Å². The van der Waals surface area contributed by atoms with Crippen molar-refractivity contribution in [2.45, 2.75) is 52.5 Å². The van der Waals surface area contributed by atoms with Crippen molar-refractivity contribution in [1.82, 2.24) is 25.1 Å². The van der Waals surface area contributed by atoms with E-state index in [2.05, 4.69) is 37.3 Å². The van der Waals surface area contributed by atoms with E-state index in [1.807, 2.05) is 58.8 Å². The molecule has 0 unspecified atom stereocenters. The fraction of sp³-hybridized carbons (Fsp3) is 0.486. The van der Waals surface area contributed by atoms with Crippen molar-refractivity contribution in [3.05, 3.63) is 63.8 Å². The van der Waals surface area contributed by atoms with Crippen LogP contribution in [0.15, 0.2) is 36.5 Å². The summed E-state index contributed by atoms with van der Waals surface area (Å²) in [6.45, 7) is 11.3. The molecule has 0 bridgehead atoms. The number of likely N-dealkylation sites (tertiary alicyclic amines) is 1. The number of halogens is 1. The molecule has 0 aliphatic carbocycles. The first kappa shape index (κ1) is 39.4. The number of anilines is 2. The quantitative estimate of drug-likeness (QED) is 0.226. The minimum Gasteiger partial charge on any atom is -0.495 e. The molecule has 1 amide bonds. The number of benzene rings is 2. The summed E-state index contributed by atoms with van der Waals surface area (Å²) in [7, 11) is 10.8. The van der Waals surface area contributed by atoms with Gasteiger partial charge in [-0.05, 0) is 104 Å². The van der Waals surface area contributed by atoms with Crippen LogP contribution >= 0.6 is 11.6 Å². The highest BCUT2D eigenvalue weighted by Crippen LogP contribution is 2.36. The first-order valence-electron chi connectivity index (χ1n) is 15.7. The number of ether oxygens (including phenoxy) is 3. The number of carbonyl (C=O) groups excluding carboxylic acids is 2. The van der Waals surface area contributed by atoms with Gasteiger partial charge in [0, 0.05) is 31.9 Å². The van der Waals surface area contributed by atoms with Gasteiger partial charge in [0.25, 0.3) is 5.91 Å². The molecular weight excluding hydrogens is 620 g/mol. The van der Waals surface area contributed by atoms with E-state index in [0.29, 0.717) is 28.3 Å². The number of hydrogen-bond donors (Lipinski definition) is 2. The molecule has 1 aliphatic rings. The molecule has 3 aromatic rings. The van der Waals surface area contributed by atoms with E-state index in [0.717, 1.165) is 24.0 Å². The minimum absolute atomic E-state index is 0.0785. The summed E-state index contributed by atoms with van der Waals surface area (Å²) in [5, 5.41) is 5.87. The number of methoxy groups -OCH3 is 2. The van der Waals surface area contributed by atoms with E-state index < -0.39 is 5.54 Å². The van der Waals surface area contributed by atoms with Crippen LogP contribution in [0.5, 0.6) is 17.4 Å². The second-order valence-corrected chi connectivity index (χ2v) is 12.2. The molecule has 47 heavy (non-hydrogen) atoms. The van der Waals surface area contributed by atoms with Gasteiger partial charge < -0.3 is 34.6 Å². The number of aldehydes is 1. The topological polar surface area (TPSA) is 118 Å². The van der Waals surface area contributed by atoms with Crippen molar-refractivity contribution in [1.29, 1.82) is 0 Å². The van der Waals surface area contributed by atoms with Crippen molar-refractivity contribution in [2.24, 2.45) is 0 Å².